The van der Waals surface area contributed by atoms with Gasteiger partial charge in [0.1, 0.15) is 5.82 Å². The van der Waals surface area contributed by atoms with Gasteiger partial charge in [-0.2, -0.15) is 0 Å². The number of aromatic nitrogens is 1. The van der Waals surface area contributed by atoms with Crippen LogP contribution in [0.2, 0.25) is 0 Å². The Morgan fingerprint density at radius 1 is 0.885 bits per heavy atom. The van der Waals surface area contributed by atoms with Crippen LogP contribution in [0.4, 0.5) is 5.82 Å². The van der Waals surface area contributed by atoms with Crippen molar-refractivity contribution >= 4 is 28.5 Å². The molecule has 134 valence electrons. The lowest BCUT2D eigenvalue weighted by Gasteiger charge is -2.35. The van der Waals surface area contributed by atoms with Gasteiger partial charge < -0.3 is 4.90 Å². The Kier molecular flexibility index (Phi) is 5.42. The molecule has 0 saturated carbocycles. The number of rotatable bonds is 5. The third-order valence-electron chi connectivity index (χ3n) is 4.98. The summed E-state index contributed by atoms with van der Waals surface area (Å²) < 4.78 is 0. The molecule has 0 N–H and O–H groups in total. The van der Waals surface area contributed by atoms with E-state index in [2.05, 4.69) is 77.4 Å². The smallest absolute Gasteiger partial charge is 0.129 e. The molecule has 4 rings (SSSR count). The second kappa shape index (κ2) is 8.11. The molecule has 1 aromatic heterocycles. The minimum absolute atomic E-state index is 1.06. The van der Waals surface area contributed by atoms with Crippen LogP contribution >= 0.6 is 11.8 Å². The number of para-hydroxylation sites is 1. The van der Waals surface area contributed by atoms with Crippen LogP contribution in [0.15, 0.2) is 65.6 Å². The van der Waals surface area contributed by atoms with Crippen LogP contribution in [-0.2, 0) is 0 Å². The number of aryl methyl sites for hydroxylation is 1. The summed E-state index contributed by atoms with van der Waals surface area (Å²) in [6.45, 7) is 7.63. The molecule has 2 aromatic carbocycles. The highest BCUT2D eigenvalue weighted by atomic mass is 32.2. The zero-order valence-corrected chi connectivity index (χ0v) is 16.1. The first kappa shape index (κ1) is 17.4. The van der Waals surface area contributed by atoms with Crippen molar-refractivity contribution in [1.29, 1.82) is 0 Å². The van der Waals surface area contributed by atoms with Gasteiger partial charge in [0.2, 0.25) is 0 Å². The summed E-state index contributed by atoms with van der Waals surface area (Å²) in [6.07, 6.45) is 0. The lowest BCUT2D eigenvalue weighted by atomic mass is 10.2. The molecule has 3 aromatic rings. The molecule has 0 bridgehead atoms. The van der Waals surface area contributed by atoms with Gasteiger partial charge in [-0.15, -0.1) is 11.8 Å². The highest BCUT2D eigenvalue weighted by Crippen LogP contribution is 2.21. The van der Waals surface area contributed by atoms with Crippen molar-refractivity contribution in [3.63, 3.8) is 0 Å². The summed E-state index contributed by atoms with van der Waals surface area (Å²) in [4.78, 5) is 11.2. The van der Waals surface area contributed by atoms with E-state index in [4.69, 9.17) is 4.98 Å². The predicted octanol–water partition coefficient (Wildman–Crippen LogP) is 4.46. The predicted molar refractivity (Wildman–Crippen MR) is 112 cm³/mol. The largest absolute Gasteiger partial charge is 0.354 e. The monoisotopic (exact) mass is 363 g/mol. The van der Waals surface area contributed by atoms with Gasteiger partial charge in [0, 0.05) is 48.8 Å². The molecule has 1 fully saturated rings. The van der Waals surface area contributed by atoms with E-state index in [1.807, 2.05) is 11.8 Å². The van der Waals surface area contributed by atoms with E-state index in [9.17, 15) is 0 Å². The highest BCUT2D eigenvalue weighted by molar-refractivity contribution is 7.99. The maximum atomic E-state index is 4.84. The summed E-state index contributed by atoms with van der Waals surface area (Å²) in [5.41, 5.74) is 2.41. The number of anilines is 1. The van der Waals surface area contributed by atoms with Crippen LogP contribution in [0.3, 0.4) is 0 Å². The number of piperazine rings is 1. The molecule has 1 aliphatic heterocycles. The molecule has 26 heavy (non-hydrogen) atoms. The molecule has 2 heterocycles. The Labute approximate surface area is 160 Å². The molecular formula is C22H25N3S. The third-order valence-corrected chi connectivity index (χ3v) is 5.97. The standard InChI is InChI=1S/C22H25N3S/c1-18-6-9-20(10-7-18)26-17-16-24-12-14-25(15-13-24)22-11-8-19-4-2-3-5-21(19)23-22/h2-11H,12-17H2,1H3. The van der Waals surface area contributed by atoms with Crippen LogP contribution in [0.25, 0.3) is 10.9 Å². The molecule has 0 radical (unpaired) electrons. The zero-order valence-electron chi connectivity index (χ0n) is 15.3. The van der Waals surface area contributed by atoms with Gasteiger partial charge in [-0.3, -0.25) is 4.90 Å². The van der Waals surface area contributed by atoms with E-state index in [-0.39, 0.29) is 0 Å². The van der Waals surface area contributed by atoms with Gasteiger partial charge in [0.25, 0.3) is 0 Å². The van der Waals surface area contributed by atoms with E-state index in [0.717, 1.165) is 49.8 Å². The van der Waals surface area contributed by atoms with E-state index >= 15 is 0 Å². The highest BCUT2D eigenvalue weighted by Gasteiger charge is 2.17. The minimum Gasteiger partial charge on any atom is -0.354 e. The third kappa shape index (κ3) is 4.19. The van der Waals surface area contributed by atoms with Crippen molar-refractivity contribution in [2.24, 2.45) is 0 Å². The Morgan fingerprint density at radius 3 is 2.46 bits per heavy atom. The van der Waals surface area contributed by atoms with Crippen molar-refractivity contribution in [1.82, 2.24) is 9.88 Å². The quantitative estimate of drug-likeness (QED) is 0.623. The fraction of sp³-hybridized carbons (Fsp3) is 0.318. The zero-order chi connectivity index (χ0) is 17.8. The molecule has 0 aliphatic carbocycles. The number of hydrogen-bond donors (Lipinski definition) is 0. The van der Waals surface area contributed by atoms with Crippen molar-refractivity contribution in [3.05, 3.63) is 66.2 Å². The molecule has 0 amide bonds. The van der Waals surface area contributed by atoms with Gasteiger partial charge in [0.05, 0.1) is 5.52 Å². The fourth-order valence-corrected chi connectivity index (χ4v) is 4.27. The SMILES string of the molecule is Cc1ccc(SCCN2CCN(c3ccc4ccccc4n3)CC2)cc1. The molecular weight excluding hydrogens is 338 g/mol. The van der Waals surface area contributed by atoms with Crippen molar-refractivity contribution in [2.45, 2.75) is 11.8 Å². The maximum absolute atomic E-state index is 4.84. The molecule has 0 atom stereocenters. The first-order valence-electron chi connectivity index (χ1n) is 9.30. The molecule has 4 heteroatoms. The molecule has 1 saturated heterocycles. The summed E-state index contributed by atoms with van der Waals surface area (Å²) >= 11 is 1.95. The molecule has 0 unspecified atom stereocenters. The van der Waals surface area contributed by atoms with Crippen molar-refractivity contribution < 1.29 is 0 Å². The van der Waals surface area contributed by atoms with E-state index in [0.29, 0.717) is 0 Å². The molecule has 1 aliphatic rings. The van der Waals surface area contributed by atoms with Crippen LogP contribution in [0, 0.1) is 6.92 Å². The van der Waals surface area contributed by atoms with Crippen LogP contribution in [0.5, 0.6) is 0 Å². The number of benzene rings is 2. The topological polar surface area (TPSA) is 19.4 Å². The van der Waals surface area contributed by atoms with Gasteiger partial charge in [-0.25, -0.2) is 4.98 Å². The van der Waals surface area contributed by atoms with Gasteiger partial charge in [-0.05, 0) is 37.3 Å². The lowest BCUT2D eigenvalue weighted by molar-refractivity contribution is 0.273. The summed E-state index contributed by atoms with van der Waals surface area (Å²) in [5, 5.41) is 1.21. The number of hydrogen-bond acceptors (Lipinski definition) is 4. The van der Waals surface area contributed by atoms with E-state index in [1.54, 1.807) is 0 Å². The number of nitrogens with zero attached hydrogens (tertiary/aromatic N) is 3. The lowest BCUT2D eigenvalue weighted by Crippen LogP contribution is -2.47. The van der Waals surface area contributed by atoms with Crippen LogP contribution in [0.1, 0.15) is 5.56 Å². The summed E-state index contributed by atoms with van der Waals surface area (Å²) in [5.74, 6) is 2.26. The first-order chi connectivity index (χ1) is 12.8. The average Bonchev–Trinajstić information content (AvgIpc) is 2.70. The maximum Gasteiger partial charge on any atom is 0.129 e. The Balaban J connectivity index is 1.27. The molecule has 0 spiro atoms. The minimum atomic E-state index is 1.06. The normalized spacial score (nSPS) is 15.5. The van der Waals surface area contributed by atoms with Crippen molar-refractivity contribution in [2.75, 3.05) is 43.4 Å². The van der Waals surface area contributed by atoms with Crippen LogP contribution in [-0.4, -0.2) is 48.4 Å². The van der Waals surface area contributed by atoms with E-state index in [1.165, 1.54) is 15.8 Å². The summed E-state index contributed by atoms with van der Waals surface area (Å²) in [6, 6.07) is 21.5. The van der Waals surface area contributed by atoms with Crippen LogP contribution < -0.4 is 4.90 Å². The van der Waals surface area contributed by atoms with Gasteiger partial charge in [-0.1, -0.05) is 35.9 Å². The second-order valence-corrected chi connectivity index (χ2v) is 8.02. The number of thioether (sulfide) groups is 1. The molecule has 3 nitrogen and oxygen atoms in total. The Morgan fingerprint density at radius 2 is 1.65 bits per heavy atom. The first-order valence-corrected chi connectivity index (χ1v) is 10.3. The average molecular weight is 364 g/mol. The van der Waals surface area contributed by atoms with E-state index < -0.39 is 0 Å². The van der Waals surface area contributed by atoms with Gasteiger partial charge >= 0.3 is 0 Å². The summed E-state index contributed by atoms with van der Waals surface area (Å²) in [7, 11) is 0. The Bertz CT molecular complexity index is 855. The number of pyridine rings is 1. The number of fused-ring (bicyclic) bond motifs is 1. The second-order valence-electron chi connectivity index (χ2n) is 6.85. The van der Waals surface area contributed by atoms with Gasteiger partial charge in [0.15, 0.2) is 0 Å². The Hall–Kier alpha value is -2.04. The fourth-order valence-electron chi connectivity index (χ4n) is 3.36. The van der Waals surface area contributed by atoms with Crippen molar-refractivity contribution in [3.8, 4) is 0 Å².